The van der Waals surface area contributed by atoms with Gasteiger partial charge in [-0.25, -0.2) is 4.99 Å². The Kier molecular flexibility index (Phi) is 4.23. The molecule has 1 N–H and O–H groups in total. The second kappa shape index (κ2) is 6.35. The number of nitrogens with one attached hydrogen (secondary N) is 1. The number of aliphatic imine (C=N–C) groups is 1. The van der Waals surface area contributed by atoms with E-state index in [-0.39, 0.29) is 0 Å². The van der Waals surface area contributed by atoms with Crippen LogP contribution in [0.4, 0.5) is 0 Å². The smallest absolute Gasteiger partial charge is 0.194 e. The van der Waals surface area contributed by atoms with Gasteiger partial charge >= 0.3 is 0 Å². The fourth-order valence-corrected chi connectivity index (χ4v) is 4.80. The third-order valence-electron chi connectivity index (χ3n) is 5.61. The van der Waals surface area contributed by atoms with Crippen molar-refractivity contribution in [1.82, 2.24) is 10.2 Å². The lowest BCUT2D eigenvalue weighted by molar-refractivity contribution is 0.102. The summed E-state index contributed by atoms with van der Waals surface area (Å²) in [5, 5.41) is 4.47. The van der Waals surface area contributed by atoms with E-state index in [0.29, 0.717) is 18.1 Å². The van der Waals surface area contributed by atoms with E-state index in [1.807, 2.05) is 12.1 Å². The first-order valence-corrected chi connectivity index (χ1v) is 9.44. The predicted molar refractivity (Wildman–Crippen MR) is 96.1 cm³/mol. The molecular weight excluding hydrogens is 306 g/mol. The zero-order valence-electron chi connectivity index (χ0n) is 13.8. The Hall–Kier alpha value is -1.22. The van der Waals surface area contributed by atoms with Crippen LogP contribution < -0.4 is 5.32 Å². The Labute approximate surface area is 144 Å². The topological polar surface area (TPSA) is 27.6 Å². The minimum atomic E-state index is 0.446. The Morgan fingerprint density at radius 1 is 1.26 bits per heavy atom. The number of aryl methyl sites for hydroxylation is 1. The molecule has 0 saturated carbocycles. The molecule has 0 amide bonds. The van der Waals surface area contributed by atoms with Gasteiger partial charge in [-0.2, -0.15) is 0 Å². The third kappa shape index (κ3) is 3.21. The Morgan fingerprint density at radius 3 is 2.91 bits per heavy atom. The van der Waals surface area contributed by atoms with Crippen molar-refractivity contribution in [2.24, 2.45) is 4.99 Å². The highest BCUT2D eigenvalue weighted by Gasteiger charge is 2.40. The Bertz CT molecular complexity index is 600. The van der Waals surface area contributed by atoms with Crippen LogP contribution in [0.2, 0.25) is 5.02 Å². The quantitative estimate of drug-likeness (QED) is 0.906. The minimum absolute atomic E-state index is 0.446. The summed E-state index contributed by atoms with van der Waals surface area (Å²) in [4.78, 5) is 7.68. The van der Waals surface area contributed by atoms with E-state index in [0.717, 1.165) is 23.9 Å². The molecule has 3 aliphatic heterocycles. The van der Waals surface area contributed by atoms with Gasteiger partial charge in [0.25, 0.3) is 0 Å². The summed E-state index contributed by atoms with van der Waals surface area (Å²) in [6.07, 6.45) is 8.72. The van der Waals surface area contributed by atoms with Crippen LogP contribution in [0.3, 0.4) is 0 Å². The average Bonchev–Trinajstić information content (AvgIpc) is 2.53. The van der Waals surface area contributed by atoms with E-state index in [2.05, 4.69) is 29.3 Å². The van der Waals surface area contributed by atoms with Crippen LogP contribution >= 0.6 is 11.6 Å². The van der Waals surface area contributed by atoms with Crippen LogP contribution in [0.15, 0.2) is 29.3 Å². The number of piperidine rings is 1. The first-order valence-electron chi connectivity index (χ1n) is 9.06. The molecule has 3 heterocycles. The Balaban J connectivity index is 1.47. The van der Waals surface area contributed by atoms with Gasteiger partial charge in [0.2, 0.25) is 0 Å². The van der Waals surface area contributed by atoms with Gasteiger partial charge in [0, 0.05) is 23.1 Å². The third-order valence-corrected chi connectivity index (χ3v) is 5.85. The molecule has 2 saturated heterocycles. The van der Waals surface area contributed by atoms with Crippen molar-refractivity contribution in [3.05, 3.63) is 34.9 Å². The maximum atomic E-state index is 6.10. The number of hydrogen-bond acceptors (Lipinski definition) is 3. The van der Waals surface area contributed by atoms with Crippen molar-refractivity contribution in [1.29, 1.82) is 0 Å². The summed E-state index contributed by atoms with van der Waals surface area (Å²) in [6, 6.07) is 10.7. The number of hydrogen-bond donors (Lipinski definition) is 1. The van der Waals surface area contributed by atoms with E-state index in [1.165, 1.54) is 43.6 Å². The molecule has 124 valence electrons. The number of benzene rings is 1. The molecule has 1 aromatic rings. The minimum Gasteiger partial charge on any atom is -0.354 e. The van der Waals surface area contributed by atoms with E-state index < -0.39 is 0 Å². The van der Waals surface area contributed by atoms with Crippen LogP contribution in [0, 0.1) is 0 Å². The molecule has 3 nitrogen and oxygen atoms in total. The molecule has 0 aliphatic carbocycles. The van der Waals surface area contributed by atoms with Crippen molar-refractivity contribution in [2.75, 3.05) is 0 Å². The summed E-state index contributed by atoms with van der Waals surface area (Å²) in [7, 11) is 0. The van der Waals surface area contributed by atoms with Gasteiger partial charge in [0.05, 0.1) is 6.04 Å². The summed E-state index contributed by atoms with van der Waals surface area (Å²) in [5.41, 5.74) is 1.33. The van der Waals surface area contributed by atoms with Gasteiger partial charge in [-0.1, -0.05) is 23.7 Å². The predicted octanol–water partition coefficient (Wildman–Crippen LogP) is 4.01. The summed E-state index contributed by atoms with van der Waals surface area (Å²) in [6.45, 7) is 2.29. The first kappa shape index (κ1) is 15.3. The zero-order valence-corrected chi connectivity index (χ0v) is 14.6. The number of halogens is 1. The second-order valence-electron chi connectivity index (χ2n) is 7.44. The molecule has 0 spiro atoms. The molecule has 2 fully saturated rings. The van der Waals surface area contributed by atoms with Crippen molar-refractivity contribution in [3.63, 3.8) is 0 Å². The summed E-state index contributed by atoms with van der Waals surface area (Å²) >= 11 is 6.10. The molecule has 4 atom stereocenters. The van der Waals surface area contributed by atoms with Gasteiger partial charge in [-0.15, -0.1) is 0 Å². The van der Waals surface area contributed by atoms with Crippen LogP contribution in [0.5, 0.6) is 0 Å². The van der Waals surface area contributed by atoms with Gasteiger partial charge in [0.15, 0.2) is 5.96 Å². The van der Waals surface area contributed by atoms with Crippen molar-refractivity contribution >= 4 is 17.6 Å². The van der Waals surface area contributed by atoms with Crippen molar-refractivity contribution in [3.8, 4) is 0 Å². The first-order chi connectivity index (χ1) is 11.2. The summed E-state index contributed by atoms with van der Waals surface area (Å²) < 4.78 is 0. The molecule has 4 heteroatoms. The van der Waals surface area contributed by atoms with Crippen LogP contribution in [0.1, 0.15) is 51.0 Å². The second-order valence-corrected chi connectivity index (χ2v) is 7.87. The monoisotopic (exact) mass is 331 g/mol. The maximum Gasteiger partial charge on any atom is 0.194 e. The average molecular weight is 332 g/mol. The number of nitrogens with zero attached hydrogens (tertiary/aromatic N) is 2. The molecule has 23 heavy (non-hydrogen) atoms. The fraction of sp³-hybridized carbons (Fsp3) is 0.632. The normalized spacial score (nSPS) is 32.8. The van der Waals surface area contributed by atoms with Crippen molar-refractivity contribution in [2.45, 2.75) is 76.0 Å². The van der Waals surface area contributed by atoms with Crippen LogP contribution in [0.25, 0.3) is 0 Å². The maximum absolute atomic E-state index is 6.10. The van der Waals surface area contributed by atoms with Gasteiger partial charge < -0.3 is 10.2 Å². The van der Waals surface area contributed by atoms with Gasteiger partial charge in [0.1, 0.15) is 0 Å². The molecule has 4 rings (SSSR count). The van der Waals surface area contributed by atoms with Gasteiger partial charge in [-0.3, -0.25) is 0 Å². The van der Waals surface area contributed by atoms with Gasteiger partial charge in [-0.05, 0) is 69.6 Å². The van der Waals surface area contributed by atoms with Crippen LogP contribution in [-0.2, 0) is 6.42 Å². The number of rotatable bonds is 3. The molecular formula is C19H26ClN3. The van der Waals surface area contributed by atoms with Crippen molar-refractivity contribution < 1.29 is 0 Å². The molecule has 0 aromatic heterocycles. The Morgan fingerprint density at radius 2 is 2.09 bits per heavy atom. The lowest BCUT2D eigenvalue weighted by atomic mass is 9.85. The highest BCUT2D eigenvalue weighted by Crippen LogP contribution is 2.35. The molecule has 0 radical (unpaired) electrons. The molecule has 3 aliphatic rings. The zero-order chi connectivity index (χ0) is 15.8. The standard InChI is InChI=1S/C19H26ClN3/c1-13-10-17-6-3-7-18-12-16(22-19(21-13)23(17)18)9-8-14-4-2-5-15(20)11-14/h2,4-5,11,13,16-18H,3,6-10,12H2,1H3,(H,21,22). The lowest BCUT2D eigenvalue weighted by Crippen LogP contribution is -2.64. The molecule has 0 bridgehead atoms. The molecule has 4 unspecified atom stereocenters. The van der Waals surface area contributed by atoms with E-state index >= 15 is 0 Å². The largest absolute Gasteiger partial charge is 0.354 e. The highest BCUT2D eigenvalue weighted by molar-refractivity contribution is 6.30. The number of guanidine groups is 1. The van der Waals surface area contributed by atoms with Crippen LogP contribution in [-0.4, -0.2) is 35.0 Å². The fourth-order valence-electron chi connectivity index (χ4n) is 4.59. The van der Waals surface area contributed by atoms with E-state index in [4.69, 9.17) is 16.6 Å². The molecule has 1 aromatic carbocycles. The van der Waals surface area contributed by atoms with E-state index in [1.54, 1.807) is 0 Å². The lowest BCUT2D eigenvalue weighted by Gasteiger charge is -2.52. The summed E-state index contributed by atoms with van der Waals surface area (Å²) in [5.74, 6) is 1.18. The van der Waals surface area contributed by atoms with E-state index in [9.17, 15) is 0 Å². The highest BCUT2D eigenvalue weighted by atomic mass is 35.5. The SMILES string of the molecule is CC1CC2CCCC3CC(CCc4cccc(Cl)c4)N=C(N1)N32.